The summed E-state index contributed by atoms with van der Waals surface area (Å²) in [5, 5.41) is 0. The number of rotatable bonds is 8. The number of nitrogens with one attached hydrogen (secondary N) is 1. The van der Waals surface area contributed by atoms with Crippen LogP contribution < -0.4 is 10.5 Å². The largest absolute Gasteiger partial charge is 0.345 e. The quantitative estimate of drug-likeness (QED) is 0.677. The molecule has 1 aromatic carbocycles. The average Bonchev–Trinajstić information content (AvgIpc) is 2.60. The molecule has 1 aliphatic carbocycles. The fraction of sp³-hybridized carbons (Fsp3) is 0.632. The predicted molar refractivity (Wildman–Crippen MR) is 111 cm³/mol. The summed E-state index contributed by atoms with van der Waals surface area (Å²) in [6, 6.07) is 5.34. The number of carbonyl (C=O) groups is 1. The summed E-state index contributed by atoms with van der Waals surface area (Å²) in [6.07, 6.45) is 4.33. The van der Waals surface area contributed by atoms with Crippen LogP contribution in [0.25, 0.3) is 0 Å². The van der Waals surface area contributed by atoms with Gasteiger partial charge in [-0.2, -0.15) is 0 Å². The Kier molecular flexibility index (Phi) is 8.73. The molecule has 0 spiro atoms. The SMILES string of the molecule is CN(CC(C)(C)CN)C(=O)CCNS(=O)(=O)c1ccc2c(c1)CCCC2.Cl. The van der Waals surface area contributed by atoms with Crippen molar-refractivity contribution in [2.24, 2.45) is 11.1 Å². The van der Waals surface area contributed by atoms with Gasteiger partial charge in [0, 0.05) is 26.6 Å². The first-order valence-corrected chi connectivity index (χ1v) is 10.7. The van der Waals surface area contributed by atoms with Gasteiger partial charge in [0.1, 0.15) is 0 Å². The van der Waals surface area contributed by atoms with Gasteiger partial charge >= 0.3 is 0 Å². The minimum atomic E-state index is -3.60. The van der Waals surface area contributed by atoms with Gasteiger partial charge in [-0.1, -0.05) is 19.9 Å². The topological polar surface area (TPSA) is 92.5 Å². The molecule has 1 aliphatic rings. The van der Waals surface area contributed by atoms with Crippen LogP contribution >= 0.6 is 12.4 Å². The number of nitrogens with two attached hydrogens (primary N) is 1. The van der Waals surface area contributed by atoms with Crippen molar-refractivity contribution in [1.29, 1.82) is 0 Å². The fourth-order valence-electron chi connectivity index (χ4n) is 3.24. The number of benzene rings is 1. The molecular formula is C19H32ClN3O3S. The molecule has 0 aliphatic heterocycles. The Balaban J connectivity index is 0.00000364. The van der Waals surface area contributed by atoms with Gasteiger partial charge < -0.3 is 10.6 Å². The summed E-state index contributed by atoms with van der Waals surface area (Å²) in [5.41, 5.74) is 7.90. The van der Waals surface area contributed by atoms with Crippen LogP contribution in [-0.4, -0.2) is 45.9 Å². The Bertz CT molecular complexity index is 751. The first-order chi connectivity index (χ1) is 12.1. The van der Waals surface area contributed by atoms with E-state index in [4.69, 9.17) is 5.73 Å². The van der Waals surface area contributed by atoms with E-state index in [9.17, 15) is 13.2 Å². The first kappa shape index (κ1) is 23.9. The van der Waals surface area contributed by atoms with E-state index in [1.165, 1.54) is 5.56 Å². The Morgan fingerprint density at radius 2 is 1.85 bits per heavy atom. The van der Waals surface area contributed by atoms with E-state index in [2.05, 4.69) is 4.72 Å². The highest BCUT2D eigenvalue weighted by Crippen LogP contribution is 2.24. The zero-order valence-electron chi connectivity index (χ0n) is 16.5. The summed E-state index contributed by atoms with van der Waals surface area (Å²) in [7, 11) is -1.88. The minimum Gasteiger partial charge on any atom is -0.345 e. The molecule has 0 radical (unpaired) electrons. The normalized spacial score (nSPS) is 14.2. The Morgan fingerprint density at radius 3 is 2.48 bits per heavy atom. The van der Waals surface area contributed by atoms with Gasteiger partial charge in [-0.15, -0.1) is 12.4 Å². The van der Waals surface area contributed by atoms with Gasteiger partial charge in [-0.05, 0) is 60.9 Å². The van der Waals surface area contributed by atoms with Crippen LogP contribution in [-0.2, 0) is 27.7 Å². The maximum atomic E-state index is 12.5. The molecule has 0 atom stereocenters. The van der Waals surface area contributed by atoms with Crippen molar-refractivity contribution >= 4 is 28.3 Å². The van der Waals surface area contributed by atoms with Crippen LogP contribution in [0, 0.1) is 5.41 Å². The number of hydrogen-bond acceptors (Lipinski definition) is 4. The van der Waals surface area contributed by atoms with E-state index in [0.717, 1.165) is 31.2 Å². The van der Waals surface area contributed by atoms with Crippen LogP contribution in [0.5, 0.6) is 0 Å². The smallest absolute Gasteiger partial charge is 0.240 e. The van der Waals surface area contributed by atoms with E-state index >= 15 is 0 Å². The lowest BCUT2D eigenvalue weighted by Gasteiger charge is -2.29. The fourth-order valence-corrected chi connectivity index (χ4v) is 4.32. The van der Waals surface area contributed by atoms with Gasteiger partial charge in [0.25, 0.3) is 0 Å². The number of amides is 1. The van der Waals surface area contributed by atoms with Crippen LogP contribution in [0.2, 0.25) is 0 Å². The van der Waals surface area contributed by atoms with Gasteiger partial charge in [0.15, 0.2) is 0 Å². The standard InChI is InChI=1S/C19H31N3O3S.ClH/c1-19(2,13-20)14-22(3)18(23)10-11-21-26(24,25)17-9-8-15-6-4-5-7-16(15)12-17;/h8-9,12,21H,4-7,10-11,13-14,20H2,1-3H3;1H. The molecule has 0 heterocycles. The van der Waals surface area contributed by atoms with Gasteiger partial charge in [0.2, 0.25) is 15.9 Å². The number of fused-ring (bicyclic) bond motifs is 1. The second-order valence-electron chi connectivity index (χ2n) is 7.90. The van der Waals surface area contributed by atoms with Gasteiger partial charge in [-0.3, -0.25) is 4.79 Å². The lowest BCUT2D eigenvalue weighted by Crippen LogP contribution is -2.40. The van der Waals surface area contributed by atoms with E-state index in [0.29, 0.717) is 13.1 Å². The van der Waals surface area contributed by atoms with Crippen molar-refractivity contribution in [1.82, 2.24) is 9.62 Å². The number of nitrogens with zero attached hydrogens (tertiary/aromatic N) is 1. The van der Waals surface area contributed by atoms with E-state index in [-0.39, 0.29) is 41.6 Å². The molecule has 1 amide bonds. The molecule has 27 heavy (non-hydrogen) atoms. The Labute approximate surface area is 169 Å². The molecule has 6 nitrogen and oxygen atoms in total. The zero-order chi connectivity index (χ0) is 19.4. The number of carbonyl (C=O) groups excluding carboxylic acids is 1. The van der Waals surface area contributed by atoms with Crippen molar-refractivity contribution in [2.75, 3.05) is 26.7 Å². The molecule has 0 unspecified atom stereocenters. The third-order valence-corrected chi connectivity index (χ3v) is 6.36. The second kappa shape index (κ2) is 9.87. The van der Waals surface area contributed by atoms with E-state index < -0.39 is 10.0 Å². The first-order valence-electron chi connectivity index (χ1n) is 9.20. The summed E-state index contributed by atoms with van der Waals surface area (Å²) in [5.74, 6) is -0.0975. The third kappa shape index (κ3) is 6.75. The molecule has 0 fully saturated rings. The maximum absolute atomic E-state index is 12.5. The molecule has 0 saturated heterocycles. The summed E-state index contributed by atoms with van der Waals surface area (Å²) in [6.45, 7) is 5.10. The number of halogens is 1. The maximum Gasteiger partial charge on any atom is 0.240 e. The lowest BCUT2D eigenvalue weighted by molar-refractivity contribution is -0.130. The van der Waals surface area contributed by atoms with Crippen molar-refractivity contribution in [3.63, 3.8) is 0 Å². The number of aryl methyl sites for hydroxylation is 2. The Morgan fingerprint density at radius 1 is 1.22 bits per heavy atom. The van der Waals surface area contributed by atoms with E-state index in [1.54, 1.807) is 24.1 Å². The molecule has 154 valence electrons. The van der Waals surface area contributed by atoms with Gasteiger partial charge in [0.05, 0.1) is 4.90 Å². The van der Waals surface area contributed by atoms with Gasteiger partial charge in [-0.25, -0.2) is 13.1 Å². The van der Waals surface area contributed by atoms with Crippen molar-refractivity contribution in [2.45, 2.75) is 50.8 Å². The highest BCUT2D eigenvalue weighted by Gasteiger charge is 2.22. The lowest BCUT2D eigenvalue weighted by atomic mass is 9.92. The van der Waals surface area contributed by atoms with Crippen LogP contribution in [0.3, 0.4) is 0 Å². The molecule has 3 N–H and O–H groups in total. The highest BCUT2D eigenvalue weighted by molar-refractivity contribution is 7.89. The number of sulfonamides is 1. The predicted octanol–water partition coefficient (Wildman–Crippen LogP) is 2.10. The molecule has 0 saturated carbocycles. The monoisotopic (exact) mass is 417 g/mol. The summed E-state index contributed by atoms with van der Waals surface area (Å²) in [4.78, 5) is 14.1. The van der Waals surface area contributed by atoms with Crippen molar-refractivity contribution in [3.8, 4) is 0 Å². The van der Waals surface area contributed by atoms with Crippen LogP contribution in [0.4, 0.5) is 0 Å². The molecular weight excluding hydrogens is 386 g/mol. The summed E-state index contributed by atoms with van der Waals surface area (Å²) >= 11 is 0. The van der Waals surface area contributed by atoms with Crippen molar-refractivity contribution < 1.29 is 13.2 Å². The van der Waals surface area contributed by atoms with E-state index in [1.807, 2.05) is 19.9 Å². The number of hydrogen-bond donors (Lipinski definition) is 2. The molecule has 8 heteroatoms. The highest BCUT2D eigenvalue weighted by atomic mass is 35.5. The molecule has 1 aromatic rings. The third-order valence-electron chi connectivity index (χ3n) is 4.90. The average molecular weight is 418 g/mol. The molecule has 2 rings (SSSR count). The second-order valence-corrected chi connectivity index (χ2v) is 9.67. The Hall–Kier alpha value is -1.15. The minimum absolute atomic E-state index is 0. The van der Waals surface area contributed by atoms with Crippen molar-refractivity contribution in [3.05, 3.63) is 29.3 Å². The molecule has 0 bridgehead atoms. The summed E-state index contributed by atoms with van der Waals surface area (Å²) < 4.78 is 27.5. The van der Waals surface area contributed by atoms with Crippen LogP contribution in [0.15, 0.2) is 23.1 Å². The zero-order valence-corrected chi connectivity index (χ0v) is 18.1. The van der Waals surface area contributed by atoms with Crippen LogP contribution in [0.1, 0.15) is 44.2 Å². The molecule has 0 aromatic heterocycles.